The van der Waals surface area contributed by atoms with Gasteiger partial charge in [0.15, 0.2) is 5.11 Å². The lowest BCUT2D eigenvalue weighted by molar-refractivity contribution is 1.14. The largest absolute Gasteiger partial charge is 0.332 e. The second-order valence-corrected chi connectivity index (χ2v) is 5.44. The summed E-state index contributed by atoms with van der Waals surface area (Å²) in [7, 11) is 0. The first kappa shape index (κ1) is 14.8. The highest BCUT2D eigenvalue weighted by Gasteiger charge is 2.03. The summed E-state index contributed by atoms with van der Waals surface area (Å²) in [6, 6.07) is 13.9. The zero-order valence-electron chi connectivity index (χ0n) is 11.5. The van der Waals surface area contributed by atoms with Crippen LogP contribution in [0.3, 0.4) is 0 Å². The van der Waals surface area contributed by atoms with E-state index in [0.29, 0.717) is 10.1 Å². The zero-order valence-corrected chi connectivity index (χ0v) is 13.1. The van der Waals surface area contributed by atoms with Crippen molar-refractivity contribution in [1.29, 1.82) is 0 Å². The van der Waals surface area contributed by atoms with Gasteiger partial charge in [-0.3, -0.25) is 0 Å². The quantitative estimate of drug-likeness (QED) is 0.779. The van der Waals surface area contributed by atoms with E-state index in [1.807, 2.05) is 37.3 Å². The molecular formula is C16H17ClN2S. The first-order chi connectivity index (χ1) is 9.58. The van der Waals surface area contributed by atoms with Gasteiger partial charge in [-0.25, -0.2) is 0 Å². The maximum atomic E-state index is 6.00. The van der Waals surface area contributed by atoms with E-state index < -0.39 is 0 Å². The average molecular weight is 305 g/mol. The molecule has 0 radical (unpaired) electrons. The second-order valence-electron chi connectivity index (χ2n) is 4.59. The fraction of sp³-hybridized carbons (Fsp3) is 0.188. The van der Waals surface area contributed by atoms with Crippen molar-refractivity contribution >= 4 is 40.3 Å². The maximum absolute atomic E-state index is 6.00. The topological polar surface area (TPSA) is 24.1 Å². The molecule has 0 unspecified atom stereocenters. The van der Waals surface area contributed by atoms with E-state index in [-0.39, 0.29) is 0 Å². The molecule has 20 heavy (non-hydrogen) atoms. The molecule has 0 atom stereocenters. The SMILES string of the molecule is CCc1cccc(NC(=S)Nc2cc(Cl)ccc2C)c1. The molecule has 0 aromatic heterocycles. The first-order valence-electron chi connectivity index (χ1n) is 6.51. The summed E-state index contributed by atoms with van der Waals surface area (Å²) in [5, 5.41) is 7.61. The van der Waals surface area contributed by atoms with Crippen LogP contribution < -0.4 is 10.6 Å². The van der Waals surface area contributed by atoms with Crippen molar-refractivity contribution < 1.29 is 0 Å². The molecule has 0 amide bonds. The molecule has 0 heterocycles. The highest BCUT2D eigenvalue weighted by molar-refractivity contribution is 7.80. The molecule has 0 aliphatic rings. The Morgan fingerprint density at radius 2 is 1.95 bits per heavy atom. The van der Waals surface area contributed by atoms with Crippen LogP contribution in [0.1, 0.15) is 18.1 Å². The van der Waals surface area contributed by atoms with Gasteiger partial charge in [0.2, 0.25) is 0 Å². The van der Waals surface area contributed by atoms with Crippen LogP contribution in [0.25, 0.3) is 0 Å². The molecule has 2 aromatic rings. The summed E-state index contributed by atoms with van der Waals surface area (Å²) in [4.78, 5) is 0. The fourth-order valence-corrected chi connectivity index (χ4v) is 2.28. The Balaban J connectivity index is 2.07. The fourth-order valence-electron chi connectivity index (χ4n) is 1.88. The van der Waals surface area contributed by atoms with Gasteiger partial charge < -0.3 is 10.6 Å². The summed E-state index contributed by atoms with van der Waals surface area (Å²) >= 11 is 11.3. The number of anilines is 2. The molecule has 2 aromatic carbocycles. The Kier molecular flexibility index (Phi) is 4.99. The number of nitrogens with one attached hydrogen (secondary N) is 2. The predicted octanol–water partition coefficient (Wildman–Crippen LogP) is 5.02. The van der Waals surface area contributed by atoms with Crippen molar-refractivity contribution in [2.45, 2.75) is 20.3 Å². The van der Waals surface area contributed by atoms with Gasteiger partial charge >= 0.3 is 0 Å². The van der Waals surface area contributed by atoms with E-state index in [4.69, 9.17) is 23.8 Å². The molecule has 2 rings (SSSR count). The molecule has 104 valence electrons. The summed E-state index contributed by atoms with van der Waals surface area (Å²) in [5.41, 5.74) is 4.28. The third kappa shape index (κ3) is 3.95. The van der Waals surface area contributed by atoms with Gasteiger partial charge in [-0.2, -0.15) is 0 Å². The molecule has 0 aliphatic carbocycles. The van der Waals surface area contributed by atoms with E-state index in [1.54, 1.807) is 0 Å². The first-order valence-corrected chi connectivity index (χ1v) is 7.30. The molecular weight excluding hydrogens is 288 g/mol. The highest BCUT2D eigenvalue weighted by Crippen LogP contribution is 2.20. The van der Waals surface area contributed by atoms with Crippen LogP contribution in [0.15, 0.2) is 42.5 Å². The second kappa shape index (κ2) is 6.73. The lowest BCUT2D eigenvalue weighted by Crippen LogP contribution is -2.19. The van der Waals surface area contributed by atoms with Gasteiger partial charge in [0.05, 0.1) is 0 Å². The van der Waals surface area contributed by atoms with E-state index in [2.05, 4.69) is 29.7 Å². The Hall–Kier alpha value is -1.58. The van der Waals surface area contributed by atoms with E-state index in [0.717, 1.165) is 23.4 Å². The smallest absolute Gasteiger partial charge is 0.175 e. The standard InChI is InChI=1S/C16H17ClN2S/c1-3-12-5-4-6-14(9-12)18-16(20)19-15-10-13(17)8-7-11(15)2/h4-10H,3H2,1-2H3,(H2,18,19,20). The van der Waals surface area contributed by atoms with Crippen LogP contribution >= 0.6 is 23.8 Å². The van der Waals surface area contributed by atoms with Crippen molar-refractivity contribution in [2.75, 3.05) is 10.6 Å². The number of thiocarbonyl (C=S) groups is 1. The highest BCUT2D eigenvalue weighted by atomic mass is 35.5. The molecule has 0 fully saturated rings. The van der Waals surface area contributed by atoms with Gasteiger partial charge in [-0.1, -0.05) is 36.7 Å². The average Bonchev–Trinajstić information content (AvgIpc) is 2.43. The Morgan fingerprint density at radius 1 is 1.15 bits per heavy atom. The van der Waals surface area contributed by atoms with Crippen LogP contribution in [0.4, 0.5) is 11.4 Å². The minimum atomic E-state index is 0.559. The van der Waals surface area contributed by atoms with Gasteiger partial charge in [-0.15, -0.1) is 0 Å². The molecule has 0 saturated heterocycles. The van der Waals surface area contributed by atoms with Gasteiger partial charge in [0.25, 0.3) is 0 Å². The number of aryl methyl sites for hydroxylation is 2. The van der Waals surface area contributed by atoms with E-state index in [9.17, 15) is 0 Å². The molecule has 2 N–H and O–H groups in total. The molecule has 2 nitrogen and oxygen atoms in total. The number of hydrogen-bond donors (Lipinski definition) is 2. The Bertz CT molecular complexity index is 626. The monoisotopic (exact) mass is 304 g/mol. The summed E-state index contributed by atoms with van der Waals surface area (Å²) < 4.78 is 0. The normalized spacial score (nSPS) is 10.2. The van der Waals surface area contributed by atoms with Crippen LogP contribution in [0, 0.1) is 6.92 Å². The van der Waals surface area contributed by atoms with Crippen molar-refractivity contribution in [3.8, 4) is 0 Å². The third-order valence-corrected chi connectivity index (χ3v) is 3.48. The predicted molar refractivity (Wildman–Crippen MR) is 91.9 cm³/mol. The molecule has 4 heteroatoms. The van der Waals surface area contributed by atoms with Crippen molar-refractivity contribution in [3.05, 3.63) is 58.6 Å². The maximum Gasteiger partial charge on any atom is 0.175 e. The summed E-state index contributed by atoms with van der Waals surface area (Å²) in [5.74, 6) is 0. The van der Waals surface area contributed by atoms with Crippen LogP contribution in [-0.4, -0.2) is 5.11 Å². The van der Waals surface area contributed by atoms with Crippen molar-refractivity contribution in [3.63, 3.8) is 0 Å². The number of halogens is 1. The van der Waals surface area contributed by atoms with Crippen molar-refractivity contribution in [2.24, 2.45) is 0 Å². The number of rotatable bonds is 3. The third-order valence-electron chi connectivity index (χ3n) is 3.04. The van der Waals surface area contributed by atoms with Crippen molar-refractivity contribution in [1.82, 2.24) is 0 Å². The molecule has 0 aliphatic heterocycles. The Morgan fingerprint density at radius 3 is 2.70 bits per heavy atom. The zero-order chi connectivity index (χ0) is 14.5. The molecule has 0 bridgehead atoms. The number of hydrogen-bond acceptors (Lipinski definition) is 1. The minimum Gasteiger partial charge on any atom is -0.332 e. The summed E-state index contributed by atoms with van der Waals surface area (Å²) in [6.45, 7) is 4.14. The van der Waals surface area contributed by atoms with E-state index in [1.165, 1.54) is 5.56 Å². The minimum absolute atomic E-state index is 0.559. The summed E-state index contributed by atoms with van der Waals surface area (Å²) in [6.07, 6.45) is 1.00. The lowest BCUT2D eigenvalue weighted by atomic mass is 10.1. The lowest BCUT2D eigenvalue weighted by Gasteiger charge is -2.13. The van der Waals surface area contributed by atoms with Gasteiger partial charge in [-0.05, 0) is 61.0 Å². The van der Waals surface area contributed by atoms with Gasteiger partial charge in [0, 0.05) is 16.4 Å². The van der Waals surface area contributed by atoms with Crippen LogP contribution in [-0.2, 0) is 6.42 Å². The number of benzene rings is 2. The molecule has 0 spiro atoms. The van der Waals surface area contributed by atoms with Gasteiger partial charge in [0.1, 0.15) is 0 Å². The molecule has 0 saturated carbocycles. The van der Waals surface area contributed by atoms with Crippen LogP contribution in [0.5, 0.6) is 0 Å². The van der Waals surface area contributed by atoms with E-state index >= 15 is 0 Å². The van der Waals surface area contributed by atoms with Crippen LogP contribution in [0.2, 0.25) is 5.02 Å². The Labute approximate surface area is 130 Å².